The van der Waals surface area contributed by atoms with E-state index in [2.05, 4.69) is 10.3 Å². The first kappa shape index (κ1) is 16.8. The van der Waals surface area contributed by atoms with Crippen molar-refractivity contribution in [3.05, 3.63) is 89.5 Å². The number of imidazole rings is 1. The molecule has 3 rings (SSSR count). The lowest BCUT2D eigenvalue weighted by Crippen LogP contribution is -2.32. The van der Waals surface area contributed by atoms with Crippen molar-refractivity contribution in [2.75, 3.05) is 0 Å². The summed E-state index contributed by atoms with van der Waals surface area (Å²) in [6, 6.07) is 11.2. The van der Waals surface area contributed by atoms with Gasteiger partial charge in [-0.2, -0.15) is 0 Å². The highest BCUT2D eigenvalue weighted by Crippen LogP contribution is 2.21. The number of aromatic nitrogens is 2. The summed E-state index contributed by atoms with van der Waals surface area (Å²) in [5.74, 6) is -0.402. The number of benzene rings is 2. The third-order valence-corrected chi connectivity index (χ3v) is 3.88. The van der Waals surface area contributed by atoms with E-state index in [1.54, 1.807) is 48.3 Å². The standard InChI is InChI=1S/C19H17F2N3O/c1-24-10-9-22-19(24)18(14-3-2-4-16(21)12-14)23-17(25)11-13-5-7-15(20)8-6-13/h2-10,12,18H,11H2,1H3,(H,23,25). The van der Waals surface area contributed by atoms with Crippen LogP contribution in [0.25, 0.3) is 0 Å². The maximum Gasteiger partial charge on any atom is 0.225 e. The molecule has 0 bridgehead atoms. The molecule has 6 heteroatoms. The zero-order valence-electron chi connectivity index (χ0n) is 13.6. The Balaban J connectivity index is 1.83. The van der Waals surface area contributed by atoms with E-state index >= 15 is 0 Å². The van der Waals surface area contributed by atoms with Crippen LogP contribution in [0.3, 0.4) is 0 Å². The number of halogens is 2. The number of hydrogen-bond donors (Lipinski definition) is 1. The molecule has 1 unspecified atom stereocenters. The zero-order valence-corrected chi connectivity index (χ0v) is 13.6. The summed E-state index contributed by atoms with van der Waals surface area (Å²) in [5.41, 5.74) is 1.29. The van der Waals surface area contributed by atoms with Gasteiger partial charge in [-0.15, -0.1) is 0 Å². The third-order valence-electron chi connectivity index (χ3n) is 3.88. The van der Waals surface area contributed by atoms with Gasteiger partial charge in [-0.05, 0) is 35.4 Å². The highest BCUT2D eigenvalue weighted by atomic mass is 19.1. The Labute approximate surface area is 144 Å². The van der Waals surface area contributed by atoms with E-state index in [-0.39, 0.29) is 24.0 Å². The summed E-state index contributed by atoms with van der Waals surface area (Å²) < 4.78 is 28.4. The molecule has 0 aliphatic carbocycles. The quantitative estimate of drug-likeness (QED) is 0.775. The minimum atomic E-state index is -0.580. The smallest absolute Gasteiger partial charge is 0.225 e. The number of carbonyl (C=O) groups excluding carboxylic acids is 1. The minimum absolute atomic E-state index is 0.0938. The Morgan fingerprint density at radius 3 is 2.56 bits per heavy atom. The number of hydrogen-bond acceptors (Lipinski definition) is 2. The van der Waals surface area contributed by atoms with Crippen LogP contribution in [-0.2, 0) is 18.3 Å². The topological polar surface area (TPSA) is 46.9 Å². The van der Waals surface area contributed by atoms with Gasteiger partial charge in [-0.1, -0.05) is 24.3 Å². The van der Waals surface area contributed by atoms with Crippen LogP contribution in [0, 0.1) is 11.6 Å². The van der Waals surface area contributed by atoms with Crippen LogP contribution in [-0.4, -0.2) is 15.5 Å². The second-order valence-corrected chi connectivity index (χ2v) is 5.76. The van der Waals surface area contributed by atoms with Crippen molar-refractivity contribution < 1.29 is 13.6 Å². The van der Waals surface area contributed by atoms with Crippen LogP contribution in [0.15, 0.2) is 60.9 Å². The lowest BCUT2D eigenvalue weighted by molar-refractivity contribution is -0.121. The van der Waals surface area contributed by atoms with E-state index in [0.29, 0.717) is 17.0 Å². The number of aryl methyl sites for hydroxylation is 1. The normalized spacial score (nSPS) is 12.0. The van der Waals surface area contributed by atoms with Crippen molar-refractivity contribution >= 4 is 5.91 Å². The predicted molar refractivity (Wildman–Crippen MR) is 89.7 cm³/mol. The summed E-state index contributed by atoms with van der Waals surface area (Å²) in [6.45, 7) is 0. The number of carbonyl (C=O) groups is 1. The van der Waals surface area contributed by atoms with Gasteiger partial charge in [0.1, 0.15) is 23.5 Å². The van der Waals surface area contributed by atoms with E-state index in [9.17, 15) is 13.6 Å². The van der Waals surface area contributed by atoms with Crippen molar-refractivity contribution in [1.29, 1.82) is 0 Å². The fraction of sp³-hybridized carbons (Fsp3) is 0.158. The van der Waals surface area contributed by atoms with E-state index in [0.717, 1.165) is 0 Å². The number of amides is 1. The third kappa shape index (κ3) is 4.09. The van der Waals surface area contributed by atoms with Crippen LogP contribution in [0.1, 0.15) is 23.0 Å². The molecular weight excluding hydrogens is 324 g/mol. The van der Waals surface area contributed by atoms with Crippen LogP contribution in [0.5, 0.6) is 0 Å². The molecule has 128 valence electrons. The average molecular weight is 341 g/mol. The molecule has 0 spiro atoms. The van der Waals surface area contributed by atoms with E-state index in [1.807, 2.05) is 0 Å². The molecule has 0 radical (unpaired) electrons. The van der Waals surface area contributed by atoms with Gasteiger partial charge < -0.3 is 9.88 Å². The molecule has 0 fully saturated rings. The monoisotopic (exact) mass is 341 g/mol. The van der Waals surface area contributed by atoms with Gasteiger partial charge in [0, 0.05) is 19.4 Å². The van der Waals surface area contributed by atoms with Crippen molar-refractivity contribution in [3.8, 4) is 0 Å². The molecule has 0 aliphatic rings. The summed E-state index contributed by atoms with van der Waals surface area (Å²) in [4.78, 5) is 16.7. The van der Waals surface area contributed by atoms with Crippen molar-refractivity contribution in [1.82, 2.24) is 14.9 Å². The molecule has 1 amide bonds. The summed E-state index contributed by atoms with van der Waals surface area (Å²) in [5, 5.41) is 2.88. The van der Waals surface area contributed by atoms with Gasteiger partial charge in [0.25, 0.3) is 0 Å². The maximum absolute atomic E-state index is 13.6. The first-order chi connectivity index (χ1) is 12.0. The van der Waals surface area contributed by atoms with Gasteiger partial charge in [-0.25, -0.2) is 13.8 Å². The van der Waals surface area contributed by atoms with Crippen molar-refractivity contribution in [3.63, 3.8) is 0 Å². The molecule has 1 atom stereocenters. The summed E-state index contributed by atoms with van der Waals surface area (Å²) in [6.07, 6.45) is 3.47. The second-order valence-electron chi connectivity index (χ2n) is 5.76. The number of rotatable bonds is 5. The molecule has 0 aliphatic heterocycles. The van der Waals surface area contributed by atoms with Crippen molar-refractivity contribution in [2.45, 2.75) is 12.5 Å². The van der Waals surface area contributed by atoms with Crippen LogP contribution >= 0.6 is 0 Å². The molecule has 25 heavy (non-hydrogen) atoms. The first-order valence-corrected chi connectivity index (χ1v) is 7.79. The molecule has 3 aromatic rings. The highest BCUT2D eigenvalue weighted by Gasteiger charge is 2.21. The molecule has 4 nitrogen and oxygen atoms in total. The number of nitrogens with zero attached hydrogens (tertiary/aromatic N) is 2. The van der Waals surface area contributed by atoms with Gasteiger partial charge in [0.2, 0.25) is 5.91 Å². The van der Waals surface area contributed by atoms with Gasteiger partial charge in [0.05, 0.1) is 6.42 Å². The van der Waals surface area contributed by atoms with Crippen LogP contribution in [0.2, 0.25) is 0 Å². The van der Waals surface area contributed by atoms with Crippen LogP contribution < -0.4 is 5.32 Å². The molecule has 1 N–H and O–H groups in total. The Morgan fingerprint density at radius 1 is 1.16 bits per heavy atom. The van der Waals surface area contributed by atoms with Crippen LogP contribution in [0.4, 0.5) is 8.78 Å². The summed E-state index contributed by atoms with van der Waals surface area (Å²) in [7, 11) is 1.81. The molecule has 2 aromatic carbocycles. The molecular formula is C19H17F2N3O. The Kier molecular flexibility index (Phi) is 4.88. The molecule has 0 saturated carbocycles. The largest absolute Gasteiger partial charge is 0.342 e. The fourth-order valence-electron chi connectivity index (χ4n) is 2.64. The number of nitrogens with one attached hydrogen (secondary N) is 1. The average Bonchev–Trinajstić information content (AvgIpc) is 3.00. The zero-order chi connectivity index (χ0) is 17.8. The first-order valence-electron chi connectivity index (χ1n) is 7.79. The van der Waals surface area contributed by atoms with E-state index in [4.69, 9.17) is 0 Å². The molecule has 1 aromatic heterocycles. The van der Waals surface area contributed by atoms with E-state index < -0.39 is 6.04 Å². The van der Waals surface area contributed by atoms with Gasteiger partial charge >= 0.3 is 0 Å². The van der Waals surface area contributed by atoms with E-state index in [1.165, 1.54) is 24.3 Å². The van der Waals surface area contributed by atoms with Gasteiger partial charge in [0.15, 0.2) is 0 Å². The van der Waals surface area contributed by atoms with Crippen molar-refractivity contribution in [2.24, 2.45) is 7.05 Å². The molecule has 1 heterocycles. The predicted octanol–water partition coefficient (Wildman–Crippen LogP) is 3.15. The minimum Gasteiger partial charge on any atom is -0.342 e. The summed E-state index contributed by atoms with van der Waals surface area (Å²) >= 11 is 0. The maximum atomic E-state index is 13.6. The highest BCUT2D eigenvalue weighted by molar-refractivity contribution is 5.79. The second kappa shape index (κ2) is 7.25. The lowest BCUT2D eigenvalue weighted by Gasteiger charge is -2.19. The Bertz CT molecular complexity index is 874. The SMILES string of the molecule is Cn1ccnc1C(NC(=O)Cc1ccc(F)cc1)c1cccc(F)c1. The van der Waals surface area contributed by atoms with Gasteiger partial charge in [-0.3, -0.25) is 4.79 Å². The Hall–Kier alpha value is -3.02. The lowest BCUT2D eigenvalue weighted by atomic mass is 10.0. The fourth-order valence-corrected chi connectivity index (χ4v) is 2.64. The molecule has 0 saturated heterocycles. The Morgan fingerprint density at radius 2 is 1.92 bits per heavy atom.